The van der Waals surface area contributed by atoms with Crippen molar-refractivity contribution in [3.8, 4) is 17.0 Å². The lowest BCUT2D eigenvalue weighted by Crippen LogP contribution is -2.32. The Hall–Kier alpha value is -3.25. The molecule has 33 heavy (non-hydrogen) atoms. The molecule has 3 aromatic rings. The van der Waals surface area contributed by atoms with Crippen molar-refractivity contribution >= 4 is 23.2 Å². The first-order valence-corrected chi connectivity index (χ1v) is 9.65. The molecular weight excluding hydrogens is 475 g/mol. The Labute approximate surface area is 188 Å². The second-order valence-electron chi connectivity index (χ2n) is 6.88. The van der Waals surface area contributed by atoms with Crippen molar-refractivity contribution in [2.45, 2.75) is 32.7 Å². The van der Waals surface area contributed by atoms with Crippen LogP contribution in [-0.4, -0.2) is 38.5 Å². The van der Waals surface area contributed by atoms with Crippen LogP contribution in [0.15, 0.2) is 24.3 Å². The van der Waals surface area contributed by atoms with Crippen LogP contribution >= 0.6 is 11.6 Å². The van der Waals surface area contributed by atoms with Crippen molar-refractivity contribution < 1.29 is 36.6 Å². The standard InChI is InChI=1S/C20H16ClF5N4O3/c1-8-17(18(21)30-29-8)28-19(32)11-5-13(23)10(6-16(11)33-9(2)20(24,25)26)14-4-3-12(22)15(7-31)27-14/h3-6,9,31H,7H2,1-2H3,(H,28,32)(H,29,30)/t9-/m0/s1. The highest BCUT2D eigenvalue weighted by atomic mass is 35.5. The quantitative estimate of drug-likeness (QED) is 0.432. The molecule has 0 aliphatic heterocycles. The topological polar surface area (TPSA) is 100 Å². The van der Waals surface area contributed by atoms with Gasteiger partial charge in [-0.3, -0.25) is 9.89 Å². The number of hydrogen-bond donors (Lipinski definition) is 3. The van der Waals surface area contributed by atoms with Gasteiger partial charge in [0.1, 0.15) is 28.8 Å². The first kappa shape index (κ1) is 24.4. The lowest BCUT2D eigenvalue weighted by Gasteiger charge is -2.20. The van der Waals surface area contributed by atoms with Crippen LogP contribution in [0.4, 0.5) is 27.6 Å². The average Bonchev–Trinajstić information content (AvgIpc) is 3.06. The van der Waals surface area contributed by atoms with Gasteiger partial charge in [0, 0.05) is 5.56 Å². The lowest BCUT2D eigenvalue weighted by atomic mass is 10.0. The second-order valence-corrected chi connectivity index (χ2v) is 7.24. The maximum atomic E-state index is 14.9. The lowest BCUT2D eigenvalue weighted by molar-refractivity contribution is -0.189. The molecule has 1 amide bonds. The summed E-state index contributed by atoms with van der Waals surface area (Å²) >= 11 is 5.87. The number of aryl methyl sites for hydroxylation is 1. The van der Waals surface area contributed by atoms with Crippen molar-refractivity contribution in [3.05, 3.63) is 58.0 Å². The van der Waals surface area contributed by atoms with Crippen molar-refractivity contribution in [3.63, 3.8) is 0 Å². The number of H-pyrrole nitrogens is 1. The number of pyridine rings is 1. The number of hydrogen-bond acceptors (Lipinski definition) is 5. The Morgan fingerprint density at radius 2 is 1.97 bits per heavy atom. The summed E-state index contributed by atoms with van der Waals surface area (Å²) in [5, 5.41) is 17.6. The van der Waals surface area contributed by atoms with E-state index < -0.39 is 53.4 Å². The maximum absolute atomic E-state index is 14.9. The van der Waals surface area contributed by atoms with Gasteiger partial charge in [0.25, 0.3) is 5.91 Å². The summed E-state index contributed by atoms with van der Waals surface area (Å²) in [6.07, 6.45) is -7.14. The van der Waals surface area contributed by atoms with Crippen molar-refractivity contribution in [1.29, 1.82) is 0 Å². The largest absolute Gasteiger partial charge is 0.480 e. The molecule has 0 aliphatic carbocycles. The first-order chi connectivity index (χ1) is 15.4. The number of halogens is 6. The molecule has 0 spiro atoms. The Bertz CT molecular complexity index is 1180. The number of carbonyl (C=O) groups is 1. The Balaban J connectivity index is 2.10. The number of nitrogens with zero attached hydrogens (tertiary/aromatic N) is 2. The Morgan fingerprint density at radius 3 is 2.55 bits per heavy atom. The highest BCUT2D eigenvalue weighted by molar-refractivity contribution is 6.33. The van der Waals surface area contributed by atoms with Gasteiger partial charge in [-0.25, -0.2) is 13.8 Å². The number of ether oxygens (including phenoxy) is 1. The van der Waals surface area contributed by atoms with Crippen LogP contribution in [0.5, 0.6) is 5.75 Å². The van der Waals surface area contributed by atoms with Crippen LogP contribution in [0.2, 0.25) is 5.15 Å². The van der Waals surface area contributed by atoms with Gasteiger partial charge in [-0.15, -0.1) is 0 Å². The van der Waals surface area contributed by atoms with Crippen LogP contribution in [0.3, 0.4) is 0 Å². The van der Waals surface area contributed by atoms with Crippen LogP contribution in [0, 0.1) is 18.6 Å². The van der Waals surface area contributed by atoms with Gasteiger partial charge in [0.2, 0.25) is 0 Å². The van der Waals surface area contributed by atoms with E-state index in [1.54, 1.807) is 0 Å². The number of aromatic nitrogens is 3. The zero-order valence-corrected chi connectivity index (χ0v) is 17.8. The van der Waals surface area contributed by atoms with Crippen LogP contribution in [0.25, 0.3) is 11.3 Å². The predicted octanol–water partition coefficient (Wildman–Crippen LogP) is 4.79. The molecular formula is C20H16ClF5N4O3. The number of aliphatic hydroxyl groups excluding tert-OH is 1. The van der Waals surface area contributed by atoms with Crippen LogP contribution in [0.1, 0.15) is 28.7 Å². The van der Waals surface area contributed by atoms with Gasteiger partial charge in [-0.2, -0.15) is 18.3 Å². The minimum atomic E-state index is -4.79. The van der Waals surface area contributed by atoms with Gasteiger partial charge >= 0.3 is 6.18 Å². The number of aromatic amines is 1. The van der Waals surface area contributed by atoms with E-state index in [-0.39, 0.29) is 22.1 Å². The van der Waals surface area contributed by atoms with Crippen LogP contribution in [-0.2, 0) is 6.61 Å². The molecule has 0 aliphatic rings. The Kier molecular flexibility index (Phi) is 6.89. The Morgan fingerprint density at radius 1 is 1.27 bits per heavy atom. The smallest absolute Gasteiger partial charge is 0.425 e. The maximum Gasteiger partial charge on any atom is 0.425 e. The number of rotatable bonds is 6. The van der Waals surface area contributed by atoms with Crippen molar-refractivity contribution in [2.75, 3.05) is 5.32 Å². The molecule has 1 atom stereocenters. The van der Waals surface area contributed by atoms with E-state index in [2.05, 4.69) is 20.5 Å². The van der Waals surface area contributed by atoms with E-state index in [1.165, 1.54) is 6.92 Å². The normalized spacial score (nSPS) is 12.5. The second kappa shape index (κ2) is 9.32. The first-order valence-electron chi connectivity index (χ1n) is 9.27. The molecule has 0 saturated heterocycles. The van der Waals surface area contributed by atoms with Crippen LogP contribution < -0.4 is 10.1 Å². The number of nitrogens with one attached hydrogen (secondary N) is 2. The molecule has 3 N–H and O–H groups in total. The molecule has 0 bridgehead atoms. The molecule has 2 heterocycles. The summed E-state index contributed by atoms with van der Waals surface area (Å²) in [4.78, 5) is 16.6. The molecule has 7 nitrogen and oxygen atoms in total. The molecule has 13 heteroatoms. The SMILES string of the molecule is Cc1[nH]nc(Cl)c1NC(=O)c1cc(F)c(-c2ccc(F)c(CO)n2)cc1O[C@@H](C)C(F)(F)F. The minimum absolute atomic E-state index is 0.0498. The molecule has 1 aromatic carbocycles. The third-order valence-corrected chi connectivity index (χ3v) is 4.84. The molecule has 2 aromatic heterocycles. The number of anilines is 1. The average molecular weight is 491 g/mol. The number of aliphatic hydroxyl groups is 1. The van der Waals surface area contributed by atoms with E-state index >= 15 is 0 Å². The highest BCUT2D eigenvalue weighted by Crippen LogP contribution is 2.34. The summed E-state index contributed by atoms with van der Waals surface area (Å²) in [5.41, 5.74) is -1.12. The van der Waals surface area contributed by atoms with E-state index in [0.29, 0.717) is 18.7 Å². The van der Waals surface area contributed by atoms with Gasteiger partial charge in [0.05, 0.1) is 23.6 Å². The van der Waals surface area contributed by atoms with Crippen molar-refractivity contribution in [2.24, 2.45) is 0 Å². The number of amides is 1. The fourth-order valence-electron chi connectivity index (χ4n) is 2.75. The number of carbonyl (C=O) groups excluding carboxylic acids is 1. The highest BCUT2D eigenvalue weighted by Gasteiger charge is 2.39. The fraction of sp³-hybridized carbons (Fsp3) is 0.250. The van der Waals surface area contributed by atoms with E-state index in [4.69, 9.17) is 16.3 Å². The third-order valence-electron chi connectivity index (χ3n) is 4.56. The molecule has 0 fully saturated rings. The number of alkyl halides is 3. The minimum Gasteiger partial charge on any atom is -0.480 e. The zero-order valence-electron chi connectivity index (χ0n) is 17.0. The van der Waals surface area contributed by atoms with E-state index in [1.807, 2.05) is 0 Å². The van der Waals surface area contributed by atoms with Crippen molar-refractivity contribution in [1.82, 2.24) is 15.2 Å². The summed E-state index contributed by atoms with van der Waals surface area (Å²) < 4.78 is 72.9. The third kappa shape index (κ3) is 5.22. The summed E-state index contributed by atoms with van der Waals surface area (Å²) in [6.45, 7) is 1.45. The van der Waals surface area contributed by atoms with Gasteiger partial charge in [-0.1, -0.05) is 11.6 Å². The molecule has 0 radical (unpaired) electrons. The predicted molar refractivity (Wildman–Crippen MR) is 108 cm³/mol. The fourth-order valence-corrected chi connectivity index (χ4v) is 2.98. The monoisotopic (exact) mass is 490 g/mol. The summed E-state index contributed by atoms with van der Waals surface area (Å²) in [5.74, 6) is -3.53. The molecule has 176 valence electrons. The van der Waals surface area contributed by atoms with Gasteiger partial charge in [-0.05, 0) is 38.1 Å². The summed E-state index contributed by atoms with van der Waals surface area (Å²) in [6, 6.07) is 3.49. The van der Waals surface area contributed by atoms with Gasteiger partial charge < -0.3 is 15.2 Å². The molecule has 0 unspecified atom stereocenters. The summed E-state index contributed by atoms with van der Waals surface area (Å²) in [7, 11) is 0. The molecule has 0 saturated carbocycles. The van der Waals surface area contributed by atoms with E-state index in [9.17, 15) is 31.9 Å². The molecule has 3 rings (SSSR count). The number of benzene rings is 1. The zero-order chi connectivity index (χ0) is 24.5. The van der Waals surface area contributed by atoms with E-state index in [0.717, 1.165) is 18.2 Å². The van der Waals surface area contributed by atoms with Gasteiger partial charge in [0.15, 0.2) is 11.3 Å².